The standard InChI is InChI=1S/C86H69BN4/c1-85(2,3)65-42-47-78(73(53-65)61-33-19-10-20-34-61)91-81-57-70(89-77-40-26-25-39-72(77)74-56-69(44-48-79(74)89)88(67-35-21-11-22-36-67)68-37-23-12-24-38-68)43-46-76(81)87-75-45-41-62(58-27-13-7-14-28-58)52-80(75)90(82-54-66(86(4,5)6)55-83(91)84(82)87)71-50-63(59-29-15-8-16-30-59)49-64(51-71)60-31-17-9-18-32-60/h7-57H,1-6H3. The van der Waals surface area contributed by atoms with E-state index in [4.69, 9.17) is 0 Å². The van der Waals surface area contributed by atoms with Crippen LogP contribution in [0.15, 0.2) is 309 Å². The number of nitrogens with zero attached hydrogens (tertiary/aromatic N) is 4. The van der Waals surface area contributed by atoms with Gasteiger partial charge in [-0.05, 0) is 186 Å². The Labute approximate surface area is 535 Å². The number of hydrogen-bond donors (Lipinski definition) is 0. The molecule has 0 atom stereocenters. The van der Waals surface area contributed by atoms with Crippen LogP contribution < -0.4 is 31.1 Å². The molecule has 0 saturated heterocycles. The van der Waals surface area contributed by atoms with E-state index >= 15 is 0 Å². The van der Waals surface area contributed by atoms with Crippen LogP contribution in [0.2, 0.25) is 0 Å². The lowest BCUT2D eigenvalue weighted by Crippen LogP contribution is -2.61. The van der Waals surface area contributed by atoms with Crippen LogP contribution in [0.4, 0.5) is 51.2 Å². The zero-order valence-corrected chi connectivity index (χ0v) is 52.3. The number of aromatic nitrogens is 1. The van der Waals surface area contributed by atoms with Crippen molar-refractivity contribution in [3.63, 3.8) is 0 Å². The molecule has 436 valence electrons. The van der Waals surface area contributed by atoms with Gasteiger partial charge < -0.3 is 19.3 Å². The molecule has 0 bridgehead atoms. The monoisotopic (exact) mass is 1170 g/mol. The van der Waals surface area contributed by atoms with Gasteiger partial charge in [0.25, 0.3) is 6.71 Å². The summed E-state index contributed by atoms with van der Waals surface area (Å²) >= 11 is 0. The number of anilines is 9. The minimum atomic E-state index is -0.246. The fourth-order valence-electron chi connectivity index (χ4n) is 14.3. The molecule has 4 nitrogen and oxygen atoms in total. The maximum atomic E-state index is 2.65. The van der Waals surface area contributed by atoms with E-state index in [1.807, 2.05) is 0 Å². The summed E-state index contributed by atoms with van der Waals surface area (Å²) in [5, 5.41) is 2.39. The minimum absolute atomic E-state index is 0.100. The summed E-state index contributed by atoms with van der Waals surface area (Å²) in [5.41, 5.74) is 29.0. The van der Waals surface area contributed by atoms with E-state index in [0.29, 0.717) is 0 Å². The van der Waals surface area contributed by atoms with Crippen molar-refractivity contribution in [1.29, 1.82) is 0 Å². The normalized spacial score (nSPS) is 12.7. The third-order valence-corrected chi connectivity index (χ3v) is 18.8. The zero-order valence-electron chi connectivity index (χ0n) is 52.3. The molecule has 0 aliphatic carbocycles. The maximum Gasteiger partial charge on any atom is 0.252 e. The Morgan fingerprint density at radius 3 is 1.36 bits per heavy atom. The molecule has 91 heavy (non-hydrogen) atoms. The molecule has 3 heterocycles. The number of benzene rings is 13. The average Bonchev–Trinajstić information content (AvgIpc) is 1.67. The van der Waals surface area contributed by atoms with Gasteiger partial charge in [0.05, 0.1) is 16.7 Å². The van der Waals surface area contributed by atoms with Gasteiger partial charge in [0.2, 0.25) is 0 Å². The molecule has 1 aromatic heterocycles. The van der Waals surface area contributed by atoms with Crippen molar-refractivity contribution >= 4 is 96.1 Å². The van der Waals surface area contributed by atoms with E-state index in [0.717, 1.165) is 62.0 Å². The second-order valence-electron chi connectivity index (χ2n) is 26.6. The van der Waals surface area contributed by atoms with Crippen LogP contribution in [0.3, 0.4) is 0 Å². The van der Waals surface area contributed by atoms with Gasteiger partial charge in [0.1, 0.15) is 0 Å². The average molecular weight is 1170 g/mol. The molecule has 5 heteroatoms. The fraction of sp³-hybridized carbons (Fsp3) is 0.0930. The first kappa shape index (κ1) is 55.4. The molecule has 0 fully saturated rings. The van der Waals surface area contributed by atoms with Crippen molar-refractivity contribution in [1.82, 2.24) is 4.57 Å². The van der Waals surface area contributed by atoms with Gasteiger partial charge in [-0.2, -0.15) is 0 Å². The SMILES string of the molecule is CC(C)(C)c1ccc(N2c3cc(-n4c5ccccc5c5cc(N(c6ccccc6)c6ccccc6)ccc54)ccc3B3c4ccc(-c5ccccc5)cc4N(c4cc(-c5ccccc5)cc(-c5ccccc5)c4)c4cc(C(C)(C)C)cc2c43)c(-c2ccccc2)c1. The highest BCUT2D eigenvalue weighted by molar-refractivity contribution is 7.00. The largest absolute Gasteiger partial charge is 0.311 e. The number of hydrogen-bond acceptors (Lipinski definition) is 3. The molecule has 0 saturated carbocycles. The smallest absolute Gasteiger partial charge is 0.252 e. The van der Waals surface area contributed by atoms with Gasteiger partial charge in [-0.1, -0.05) is 242 Å². The molecular weight excluding hydrogens is 1100 g/mol. The number of rotatable bonds is 10. The summed E-state index contributed by atoms with van der Waals surface area (Å²) in [6.45, 7) is 14.0. The molecule has 0 radical (unpaired) electrons. The summed E-state index contributed by atoms with van der Waals surface area (Å²) < 4.78 is 2.50. The molecule has 2 aliphatic rings. The lowest BCUT2D eigenvalue weighted by molar-refractivity contribution is 0.590. The number of para-hydroxylation sites is 3. The van der Waals surface area contributed by atoms with E-state index in [2.05, 4.69) is 370 Å². The Morgan fingerprint density at radius 1 is 0.286 bits per heavy atom. The topological polar surface area (TPSA) is 14.7 Å². The highest BCUT2D eigenvalue weighted by atomic mass is 15.2. The van der Waals surface area contributed by atoms with Crippen LogP contribution in [0.5, 0.6) is 0 Å². The van der Waals surface area contributed by atoms with Crippen molar-refractivity contribution < 1.29 is 0 Å². The van der Waals surface area contributed by atoms with Gasteiger partial charge in [-0.25, -0.2) is 0 Å². The highest BCUT2D eigenvalue weighted by Gasteiger charge is 2.45. The highest BCUT2D eigenvalue weighted by Crippen LogP contribution is 2.51. The van der Waals surface area contributed by atoms with Crippen LogP contribution in [-0.2, 0) is 10.8 Å². The first-order valence-electron chi connectivity index (χ1n) is 31.9. The quantitative estimate of drug-likeness (QED) is 0.127. The van der Waals surface area contributed by atoms with E-state index in [9.17, 15) is 0 Å². The van der Waals surface area contributed by atoms with Crippen molar-refractivity contribution in [2.24, 2.45) is 0 Å². The lowest BCUT2D eigenvalue weighted by atomic mass is 9.33. The first-order valence-corrected chi connectivity index (χ1v) is 31.9. The van der Waals surface area contributed by atoms with Gasteiger partial charge in [-0.3, -0.25) is 0 Å². The summed E-state index contributed by atoms with van der Waals surface area (Å²) in [6.07, 6.45) is 0. The fourth-order valence-corrected chi connectivity index (χ4v) is 14.3. The molecule has 0 spiro atoms. The second-order valence-corrected chi connectivity index (χ2v) is 26.6. The third-order valence-electron chi connectivity index (χ3n) is 18.8. The third kappa shape index (κ3) is 9.71. The van der Waals surface area contributed by atoms with Crippen molar-refractivity contribution in [2.45, 2.75) is 52.4 Å². The summed E-state index contributed by atoms with van der Waals surface area (Å²) in [7, 11) is 0. The van der Waals surface area contributed by atoms with Crippen LogP contribution in [0, 0.1) is 0 Å². The van der Waals surface area contributed by atoms with Crippen LogP contribution in [0.1, 0.15) is 52.7 Å². The summed E-state index contributed by atoms with van der Waals surface area (Å²) in [5.74, 6) is 0. The number of fused-ring (bicyclic) bond motifs is 7. The Kier molecular flexibility index (Phi) is 13.4. The van der Waals surface area contributed by atoms with Crippen LogP contribution in [-0.4, -0.2) is 11.3 Å². The lowest BCUT2D eigenvalue weighted by Gasteiger charge is -2.46. The van der Waals surface area contributed by atoms with Gasteiger partial charge >= 0.3 is 0 Å². The summed E-state index contributed by atoms with van der Waals surface area (Å²) in [4.78, 5) is 7.63. The first-order chi connectivity index (χ1) is 44.4. The Hall–Kier alpha value is -10.9. The maximum absolute atomic E-state index is 2.65. The Balaban J connectivity index is 0.995. The van der Waals surface area contributed by atoms with Crippen molar-refractivity contribution in [3.8, 4) is 50.2 Å². The molecular formula is C86H69BN4. The van der Waals surface area contributed by atoms with Gasteiger partial charge in [0.15, 0.2) is 0 Å². The molecule has 13 aromatic carbocycles. The van der Waals surface area contributed by atoms with Crippen LogP contribution >= 0.6 is 0 Å². The van der Waals surface area contributed by atoms with E-state index in [1.165, 1.54) is 88.7 Å². The molecule has 0 N–H and O–H groups in total. The van der Waals surface area contributed by atoms with Crippen molar-refractivity contribution in [2.75, 3.05) is 14.7 Å². The van der Waals surface area contributed by atoms with Gasteiger partial charge in [-0.15, -0.1) is 0 Å². The molecule has 0 amide bonds. The Morgan fingerprint density at radius 2 is 0.780 bits per heavy atom. The predicted molar refractivity (Wildman–Crippen MR) is 389 cm³/mol. The zero-order chi connectivity index (χ0) is 61.5. The second kappa shape index (κ2) is 22.0. The molecule has 14 aromatic rings. The van der Waals surface area contributed by atoms with Crippen LogP contribution in [0.25, 0.3) is 72.0 Å². The molecule has 0 unspecified atom stereocenters. The molecule has 16 rings (SSSR count). The van der Waals surface area contributed by atoms with E-state index in [-0.39, 0.29) is 17.5 Å². The predicted octanol–water partition coefficient (Wildman–Crippen LogP) is 21.6. The van der Waals surface area contributed by atoms with Crippen molar-refractivity contribution in [3.05, 3.63) is 321 Å². The Bertz CT molecular complexity index is 4970. The van der Waals surface area contributed by atoms with Gasteiger partial charge in [0, 0.05) is 67.5 Å². The van der Waals surface area contributed by atoms with E-state index < -0.39 is 0 Å². The van der Waals surface area contributed by atoms with E-state index in [1.54, 1.807) is 0 Å². The molecule has 2 aliphatic heterocycles. The minimum Gasteiger partial charge on any atom is -0.311 e. The summed E-state index contributed by atoms with van der Waals surface area (Å²) in [6, 6.07) is 115.